The van der Waals surface area contributed by atoms with Gasteiger partial charge in [-0.1, -0.05) is 39.8 Å². The Morgan fingerprint density at radius 1 is 0.929 bits per heavy atom. The summed E-state index contributed by atoms with van der Waals surface area (Å²) in [5.74, 6) is -0.963. The fraction of sp³-hybridized carbons (Fsp3) is 0.333. The van der Waals surface area contributed by atoms with Crippen molar-refractivity contribution in [2.24, 2.45) is 0 Å². The second kappa shape index (κ2) is 6.06. The number of rotatable bonds is 2. The molecular weight excluding hydrogens is 350 g/mol. The second-order valence-electron chi connectivity index (χ2n) is 9.14. The number of nitrogens with one attached hydrogen (secondary N) is 1. The smallest absolute Gasteiger partial charge is 0.335 e. The lowest BCUT2D eigenvalue weighted by atomic mass is 9.63. The molecule has 0 fully saturated rings. The highest BCUT2D eigenvalue weighted by Gasteiger charge is 2.37. The molecule has 0 unspecified atom stereocenters. The van der Waals surface area contributed by atoms with E-state index in [0.29, 0.717) is 11.1 Å². The van der Waals surface area contributed by atoms with Crippen LogP contribution >= 0.6 is 0 Å². The van der Waals surface area contributed by atoms with Crippen molar-refractivity contribution in [3.05, 3.63) is 69.4 Å². The number of fused-ring (bicyclic) bond motifs is 2. The van der Waals surface area contributed by atoms with Crippen molar-refractivity contribution in [2.75, 3.05) is 0 Å². The van der Waals surface area contributed by atoms with Crippen molar-refractivity contribution in [1.29, 1.82) is 0 Å². The van der Waals surface area contributed by atoms with Gasteiger partial charge in [0.25, 0.3) is 0 Å². The molecule has 4 nitrogen and oxygen atoms in total. The molecule has 1 aliphatic rings. The lowest BCUT2D eigenvalue weighted by molar-refractivity contribution is 0.0697. The minimum Gasteiger partial charge on any atom is -0.478 e. The fourth-order valence-corrected chi connectivity index (χ4v) is 4.26. The van der Waals surface area contributed by atoms with Crippen molar-refractivity contribution in [3.63, 3.8) is 0 Å². The van der Waals surface area contributed by atoms with Gasteiger partial charge < -0.3 is 10.1 Å². The van der Waals surface area contributed by atoms with Gasteiger partial charge in [0.15, 0.2) is 5.43 Å². The van der Waals surface area contributed by atoms with E-state index in [2.05, 4.69) is 44.8 Å². The molecule has 0 atom stereocenters. The third kappa shape index (κ3) is 2.93. The van der Waals surface area contributed by atoms with E-state index in [1.54, 1.807) is 30.3 Å². The highest BCUT2D eigenvalue weighted by molar-refractivity contribution is 5.88. The van der Waals surface area contributed by atoms with Gasteiger partial charge in [-0.25, -0.2) is 4.79 Å². The van der Waals surface area contributed by atoms with E-state index >= 15 is 0 Å². The van der Waals surface area contributed by atoms with E-state index in [4.69, 9.17) is 5.11 Å². The molecule has 0 saturated carbocycles. The van der Waals surface area contributed by atoms with Crippen LogP contribution in [0.3, 0.4) is 0 Å². The van der Waals surface area contributed by atoms with Gasteiger partial charge in [0.1, 0.15) is 0 Å². The first-order chi connectivity index (χ1) is 13.1. The molecule has 0 amide bonds. The molecule has 4 rings (SSSR count). The molecule has 144 valence electrons. The van der Waals surface area contributed by atoms with Crippen LogP contribution in [0.25, 0.3) is 22.2 Å². The average Bonchev–Trinajstić information content (AvgIpc) is 2.65. The van der Waals surface area contributed by atoms with Gasteiger partial charge >= 0.3 is 5.97 Å². The maximum absolute atomic E-state index is 12.9. The molecule has 2 N–H and O–H groups in total. The summed E-state index contributed by atoms with van der Waals surface area (Å²) < 4.78 is 0. The first kappa shape index (κ1) is 18.5. The minimum atomic E-state index is -0.963. The van der Waals surface area contributed by atoms with Crippen LogP contribution in [0.5, 0.6) is 0 Å². The Hall–Kier alpha value is -2.88. The third-order valence-electron chi connectivity index (χ3n) is 6.24. The first-order valence-corrected chi connectivity index (χ1v) is 9.64. The second-order valence-corrected chi connectivity index (χ2v) is 9.14. The zero-order valence-electron chi connectivity index (χ0n) is 16.7. The summed E-state index contributed by atoms with van der Waals surface area (Å²) in [4.78, 5) is 27.4. The summed E-state index contributed by atoms with van der Waals surface area (Å²) in [5.41, 5.74) is 5.20. The number of carboxylic acids is 1. The first-order valence-electron chi connectivity index (χ1n) is 9.64. The van der Waals surface area contributed by atoms with Crippen molar-refractivity contribution >= 4 is 16.9 Å². The highest BCUT2D eigenvalue weighted by Crippen LogP contribution is 2.46. The number of carboxylic acid groups (broad SMARTS) is 1. The van der Waals surface area contributed by atoms with Gasteiger partial charge in [0, 0.05) is 17.1 Å². The third-order valence-corrected chi connectivity index (χ3v) is 6.24. The van der Waals surface area contributed by atoms with Gasteiger partial charge in [-0.15, -0.1) is 0 Å². The van der Waals surface area contributed by atoms with Crippen molar-refractivity contribution in [3.8, 4) is 11.3 Å². The Balaban J connectivity index is 1.92. The number of aromatic carboxylic acids is 1. The molecule has 0 bridgehead atoms. The van der Waals surface area contributed by atoms with E-state index in [0.717, 1.165) is 23.9 Å². The fourth-order valence-electron chi connectivity index (χ4n) is 4.26. The summed E-state index contributed by atoms with van der Waals surface area (Å²) >= 11 is 0. The summed E-state index contributed by atoms with van der Waals surface area (Å²) in [5, 5.41) is 9.78. The lowest BCUT2D eigenvalue weighted by Gasteiger charge is -2.42. The molecular formula is C24H25NO3. The van der Waals surface area contributed by atoms with E-state index < -0.39 is 5.97 Å². The predicted octanol–water partition coefficient (Wildman–Crippen LogP) is 5.24. The maximum atomic E-state index is 12.9. The molecule has 4 heteroatoms. The Morgan fingerprint density at radius 3 is 2.07 bits per heavy atom. The van der Waals surface area contributed by atoms with Crippen LogP contribution in [0.2, 0.25) is 0 Å². The quantitative estimate of drug-likeness (QED) is 0.643. The van der Waals surface area contributed by atoms with Gasteiger partial charge in [-0.2, -0.15) is 0 Å². The van der Waals surface area contributed by atoms with Gasteiger partial charge in [0.05, 0.1) is 11.1 Å². The van der Waals surface area contributed by atoms with Gasteiger partial charge in [0.2, 0.25) is 0 Å². The number of H-pyrrole nitrogens is 1. The number of aromatic nitrogens is 1. The number of hydrogen-bond acceptors (Lipinski definition) is 2. The van der Waals surface area contributed by atoms with Crippen LogP contribution in [0.15, 0.2) is 47.3 Å². The monoisotopic (exact) mass is 375 g/mol. The van der Waals surface area contributed by atoms with Crippen molar-refractivity contribution in [1.82, 2.24) is 4.98 Å². The van der Waals surface area contributed by atoms with Crippen LogP contribution in [0, 0.1) is 0 Å². The topological polar surface area (TPSA) is 70.2 Å². The molecule has 1 heterocycles. The lowest BCUT2D eigenvalue weighted by Crippen LogP contribution is -2.34. The Bertz CT molecular complexity index is 1150. The van der Waals surface area contributed by atoms with E-state index in [1.165, 1.54) is 11.1 Å². The number of pyridine rings is 1. The SMILES string of the molecule is CC1(C)CCC(C)(C)c2cc3c(=O)cc(-c4ccc(C(=O)O)cc4)[nH]c3cc21. The zero-order valence-corrected chi connectivity index (χ0v) is 16.7. The molecule has 28 heavy (non-hydrogen) atoms. The Labute approximate surface area is 164 Å². The van der Waals surface area contributed by atoms with Crippen LogP contribution in [0.4, 0.5) is 0 Å². The Morgan fingerprint density at radius 2 is 1.50 bits per heavy atom. The van der Waals surface area contributed by atoms with Crippen LogP contribution in [-0.4, -0.2) is 16.1 Å². The number of aromatic amines is 1. The van der Waals surface area contributed by atoms with E-state index in [-0.39, 0.29) is 21.8 Å². The molecule has 3 aromatic rings. The molecule has 0 aliphatic heterocycles. The maximum Gasteiger partial charge on any atom is 0.335 e. The summed E-state index contributed by atoms with van der Waals surface area (Å²) in [6.45, 7) is 9.03. The van der Waals surface area contributed by atoms with E-state index in [9.17, 15) is 9.59 Å². The number of hydrogen-bond donors (Lipinski definition) is 2. The van der Waals surface area contributed by atoms with Crippen LogP contribution in [0.1, 0.15) is 62.0 Å². The number of benzene rings is 2. The van der Waals surface area contributed by atoms with Crippen LogP contribution in [-0.2, 0) is 10.8 Å². The van der Waals surface area contributed by atoms with Gasteiger partial charge in [-0.3, -0.25) is 4.79 Å². The average molecular weight is 375 g/mol. The van der Waals surface area contributed by atoms with Crippen LogP contribution < -0.4 is 5.43 Å². The highest BCUT2D eigenvalue weighted by atomic mass is 16.4. The molecule has 2 aromatic carbocycles. The molecule has 0 radical (unpaired) electrons. The Kier molecular flexibility index (Phi) is 4.00. The van der Waals surface area contributed by atoms with Gasteiger partial charge in [-0.05, 0) is 64.6 Å². The standard InChI is InChI=1S/C24H25NO3/c1-23(2)9-10-24(3,4)18-12-20-16(11-17(18)23)21(26)13-19(25-20)14-5-7-15(8-6-14)22(27)28/h5-8,11-13H,9-10H2,1-4H3,(H,25,26)(H,27,28). The minimum absolute atomic E-state index is 0.0203. The molecule has 0 spiro atoms. The predicted molar refractivity (Wildman–Crippen MR) is 112 cm³/mol. The zero-order chi connectivity index (χ0) is 20.3. The summed E-state index contributed by atoms with van der Waals surface area (Å²) in [7, 11) is 0. The molecule has 1 aromatic heterocycles. The summed E-state index contributed by atoms with van der Waals surface area (Å²) in [6.07, 6.45) is 2.21. The van der Waals surface area contributed by atoms with Crippen molar-refractivity contribution < 1.29 is 9.90 Å². The van der Waals surface area contributed by atoms with Crippen molar-refractivity contribution in [2.45, 2.75) is 51.4 Å². The van der Waals surface area contributed by atoms with E-state index in [1.807, 2.05) is 0 Å². The number of carbonyl (C=O) groups is 1. The normalized spacial score (nSPS) is 17.3. The summed E-state index contributed by atoms with van der Waals surface area (Å²) in [6, 6.07) is 12.4. The molecule has 0 saturated heterocycles. The molecule has 1 aliphatic carbocycles. The largest absolute Gasteiger partial charge is 0.478 e.